The number of furan rings is 1. The molecule has 0 atom stereocenters. The van der Waals surface area contributed by atoms with Crippen molar-refractivity contribution >= 4 is 15.9 Å². The van der Waals surface area contributed by atoms with Crippen LogP contribution < -0.4 is 0 Å². The molecule has 0 saturated carbocycles. The zero-order valence-electron chi connectivity index (χ0n) is 13.9. The molecule has 1 rings (SSSR count). The fourth-order valence-corrected chi connectivity index (χ4v) is 0.811. The molecule has 0 aliphatic carbocycles. The van der Waals surface area contributed by atoms with E-state index in [0.29, 0.717) is 0 Å². The van der Waals surface area contributed by atoms with E-state index < -0.39 is 31.7 Å². The maximum atomic E-state index is 7.80. The number of halogens is 1. The molecule has 56 valence electrons. The fraction of sp³-hybridized carbons (Fsp3) is 0.500. The number of rotatable bonds is 2. The van der Waals surface area contributed by atoms with Gasteiger partial charge in [0.1, 0.15) is 5.76 Å². The Labute approximate surface area is 82.2 Å². The summed E-state index contributed by atoms with van der Waals surface area (Å²) in [6.45, 7) is -6.72. The van der Waals surface area contributed by atoms with Gasteiger partial charge < -0.3 is 4.42 Å². The van der Waals surface area contributed by atoms with E-state index in [9.17, 15) is 0 Å². The van der Waals surface area contributed by atoms with E-state index in [-0.39, 0.29) is 4.67 Å². The highest BCUT2D eigenvalue weighted by Gasteiger charge is 2.01. The lowest BCUT2D eigenvalue weighted by Crippen LogP contribution is -1.90. The Balaban J connectivity index is 3.50. The molecule has 0 N–H and O–H groups in total. The van der Waals surface area contributed by atoms with Crippen LogP contribution in [0.5, 0.6) is 0 Å². The van der Waals surface area contributed by atoms with Crippen LogP contribution in [0.4, 0.5) is 0 Å². The molecule has 0 fully saturated rings. The third-order valence-corrected chi connectivity index (χ3v) is 1.25. The molecule has 0 bridgehead atoms. The predicted octanol–water partition coefficient (Wildman–Crippen LogP) is 3.24. The van der Waals surface area contributed by atoms with Gasteiger partial charge in [-0.15, -0.1) is 0 Å². The van der Waals surface area contributed by atoms with Crippen molar-refractivity contribution in [3.63, 3.8) is 0 Å². The molecule has 1 aromatic rings. The van der Waals surface area contributed by atoms with Crippen LogP contribution in [0.15, 0.2) is 21.2 Å². The Bertz CT molecular complexity index is 444. The Kier molecular flexibility index (Phi) is 0.689. The highest BCUT2D eigenvalue weighted by Crippen LogP contribution is 2.16. The highest BCUT2D eigenvalue weighted by molar-refractivity contribution is 9.10. The van der Waals surface area contributed by atoms with Crippen molar-refractivity contribution in [2.75, 3.05) is 0 Å². The molecule has 0 unspecified atom stereocenters. The summed E-state index contributed by atoms with van der Waals surface area (Å²) in [5.41, 5.74) is 0. The summed E-state index contributed by atoms with van der Waals surface area (Å²) in [5.74, 6) is -3.87. The van der Waals surface area contributed by atoms with Gasteiger partial charge in [-0.3, -0.25) is 0 Å². The summed E-state index contributed by atoms with van der Waals surface area (Å²) < 4.78 is 71.9. The van der Waals surface area contributed by atoms with Crippen LogP contribution in [0, 0.1) is 5.89 Å². The molecule has 0 amide bonds. The average Bonchev–Trinajstić information content (AvgIpc) is 2.60. The molecule has 0 radical (unpaired) electrons. The van der Waals surface area contributed by atoms with Crippen LogP contribution in [0.1, 0.15) is 31.8 Å². The number of hydrogen-bond donors (Lipinski definition) is 0. The molecule has 1 aromatic heterocycles. The quantitative estimate of drug-likeness (QED) is 0.733. The minimum absolute atomic E-state index is 0.116. The van der Waals surface area contributed by atoms with Crippen molar-refractivity contribution in [2.24, 2.45) is 5.89 Å². The normalized spacial score (nSPS) is 29.1. The molecule has 2 heteroatoms. The van der Waals surface area contributed by atoms with Gasteiger partial charge in [0.2, 0.25) is 0 Å². The van der Waals surface area contributed by atoms with Crippen LogP contribution in [0.2, 0.25) is 0 Å². The Morgan fingerprint density at radius 1 is 1.90 bits per heavy atom. The Morgan fingerprint density at radius 2 is 2.70 bits per heavy atom. The minimum atomic E-state index is -3.36. The largest absolute Gasteiger partial charge is 0.454 e. The molecule has 0 aromatic carbocycles. The zero-order chi connectivity index (χ0) is 15.3. The van der Waals surface area contributed by atoms with Crippen LogP contribution in [-0.2, 0) is 6.37 Å². The second-order valence-electron chi connectivity index (χ2n) is 1.60. The maximum Gasteiger partial charge on any atom is 0.169 e. The van der Waals surface area contributed by atoms with Crippen molar-refractivity contribution in [1.29, 1.82) is 0 Å². The second-order valence-corrected chi connectivity index (χ2v) is 2.39. The Hall–Kier alpha value is -0.240. The second kappa shape index (κ2) is 3.24. The van der Waals surface area contributed by atoms with Gasteiger partial charge in [-0.05, 0) is 34.0 Å². The van der Waals surface area contributed by atoms with E-state index in [0.717, 1.165) is 6.07 Å². The standard InChI is InChI=1S/C8H11BrO/c1-6(2)5-7-3-4-8(9)10-7/h3-4,6H,5H2,1-2H3/i1D3,2D3,5D2,6D. The van der Waals surface area contributed by atoms with Crippen molar-refractivity contribution in [2.45, 2.75) is 20.1 Å². The Morgan fingerprint density at radius 3 is 3.20 bits per heavy atom. The molecular formula is C8H11BrO. The summed E-state index contributed by atoms with van der Waals surface area (Å²) in [6, 6.07) is 2.40. The summed E-state index contributed by atoms with van der Waals surface area (Å²) >= 11 is 2.92. The van der Waals surface area contributed by atoms with Gasteiger partial charge in [0, 0.05) is 18.7 Å². The lowest BCUT2D eigenvalue weighted by molar-refractivity contribution is 0.456. The molecule has 1 nitrogen and oxygen atoms in total. The summed E-state index contributed by atoms with van der Waals surface area (Å²) in [5, 5.41) is 0. The average molecular weight is 212 g/mol. The summed E-state index contributed by atoms with van der Waals surface area (Å²) in [7, 11) is 0. The molecule has 0 aliphatic rings. The first-order chi connectivity index (χ1) is 8.25. The van der Waals surface area contributed by atoms with Gasteiger partial charge in [0.15, 0.2) is 4.67 Å². The van der Waals surface area contributed by atoms with Crippen LogP contribution in [0.25, 0.3) is 0 Å². The smallest absolute Gasteiger partial charge is 0.169 e. The van der Waals surface area contributed by atoms with Crippen molar-refractivity contribution < 1.29 is 16.8 Å². The van der Waals surface area contributed by atoms with Crippen molar-refractivity contribution in [1.82, 2.24) is 0 Å². The molecular weight excluding hydrogens is 192 g/mol. The van der Waals surface area contributed by atoms with Gasteiger partial charge in [0.25, 0.3) is 0 Å². The fourth-order valence-electron chi connectivity index (χ4n) is 0.505. The van der Waals surface area contributed by atoms with Gasteiger partial charge in [-0.25, -0.2) is 0 Å². The third kappa shape index (κ3) is 2.18. The maximum absolute atomic E-state index is 7.80. The summed E-state index contributed by atoms with van der Waals surface area (Å²) in [6.07, 6.45) is -3.02. The molecule has 10 heavy (non-hydrogen) atoms. The van der Waals surface area contributed by atoms with Gasteiger partial charge >= 0.3 is 0 Å². The lowest BCUT2D eigenvalue weighted by atomic mass is 10.1. The predicted molar refractivity (Wildman–Crippen MR) is 45.0 cm³/mol. The monoisotopic (exact) mass is 211 g/mol. The first kappa shape index (κ1) is 2.13. The van der Waals surface area contributed by atoms with E-state index in [1.807, 2.05) is 0 Å². The third-order valence-electron chi connectivity index (χ3n) is 0.821. The van der Waals surface area contributed by atoms with E-state index in [4.69, 9.17) is 16.8 Å². The van der Waals surface area contributed by atoms with Gasteiger partial charge in [0.05, 0.1) is 0 Å². The molecule has 1 heterocycles. The van der Waals surface area contributed by atoms with E-state index in [1.54, 1.807) is 0 Å². The van der Waals surface area contributed by atoms with E-state index in [1.165, 1.54) is 6.07 Å². The first-order valence-electron chi connectivity index (χ1n) is 7.01. The highest BCUT2D eigenvalue weighted by atomic mass is 79.9. The lowest BCUT2D eigenvalue weighted by Gasteiger charge is -1.98. The van der Waals surface area contributed by atoms with Crippen LogP contribution in [-0.4, -0.2) is 0 Å². The summed E-state index contributed by atoms with van der Waals surface area (Å²) in [4.78, 5) is 0. The van der Waals surface area contributed by atoms with Crippen molar-refractivity contribution in [3.05, 3.63) is 22.6 Å². The van der Waals surface area contributed by atoms with Crippen molar-refractivity contribution in [3.8, 4) is 0 Å². The van der Waals surface area contributed by atoms with E-state index >= 15 is 0 Å². The van der Waals surface area contributed by atoms with Gasteiger partial charge in [-0.2, -0.15) is 0 Å². The van der Waals surface area contributed by atoms with Gasteiger partial charge in [-0.1, -0.05) is 13.7 Å². The van der Waals surface area contributed by atoms with E-state index in [2.05, 4.69) is 15.9 Å². The molecule has 0 aliphatic heterocycles. The van der Waals surface area contributed by atoms with Crippen LogP contribution >= 0.6 is 15.9 Å². The molecule has 0 saturated heterocycles. The van der Waals surface area contributed by atoms with Crippen LogP contribution in [0.3, 0.4) is 0 Å². The minimum Gasteiger partial charge on any atom is -0.454 e. The SMILES string of the molecule is [2H]C([2H])([2H])C([2H])(C([2H])([2H])[2H])C([2H])([2H])c1ccc(Br)o1. The first-order valence-corrected chi connectivity index (χ1v) is 3.30. The topological polar surface area (TPSA) is 13.1 Å². The molecule has 0 spiro atoms. The zero-order valence-corrected chi connectivity index (χ0v) is 6.53. The number of hydrogen-bond acceptors (Lipinski definition) is 1.